The van der Waals surface area contributed by atoms with E-state index < -0.39 is 0 Å². The number of aromatic nitrogens is 1. The number of amides is 1. The SMILES string of the molecule is CC(C)(C)C1CCC(C(=O)Nc2nc(-c3ccc(Cl)s3)cs2)CC1. The minimum Gasteiger partial charge on any atom is -0.302 e. The van der Waals surface area contributed by atoms with Gasteiger partial charge in [-0.1, -0.05) is 32.4 Å². The molecule has 0 radical (unpaired) electrons. The highest BCUT2D eigenvalue weighted by Gasteiger charge is 2.32. The normalized spacial score (nSPS) is 21.7. The van der Waals surface area contributed by atoms with Gasteiger partial charge in [0.15, 0.2) is 5.13 Å². The zero-order chi connectivity index (χ0) is 17.3. The van der Waals surface area contributed by atoms with Crippen LogP contribution in [0.25, 0.3) is 10.6 Å². The molecule has 0 unspecified atom stereocenters. The summed E-state index contributed by atoms with van der Waals surface area (Å²) in [5, 5.41) is 5.65. The van der Waals surface area contributed by atoms with Crippen molar-refractivity contribution in [1.82, 2.24) is 4.98 Å². The highest BCUT2D eigenvalue weighted by atomic mass is 35.5. The Kier molecular flexibility index (Phi) is 5.33. The van der Waals surface area contributed by atoms with E-state index in [0.29, 0.717) is 10.5 Å². The van der Waals surface area contributed by atoms with Crippen molar-refractivity contribution < 1.29 is 4.79 Å². The smallest absolute Gasteiger partial charge is 0.229 e. The lowest BCUT2D eigenvalue weighted by molar-refractivity contribution is -0.121. The largest absolute Gasteiger partial charge is 0.302 e. The standard InChI is InChI=1S/C18H23ClN2OS2/c1-18(2,3)12-6-4-11(5-7-12)16(22)21-17-20-13(10-23-17)14-8-9-15(19)24-14/h8-12H,4-7H2,1-3H3,(H,20,21,22). The van der Waals surface area contributed by atoms with Crippen LogP contribution in [0, 0.1) is 17.3 Å². The molecule has 1 N–H and O–H groups in total. The monoisotopic (exact) mass is 382 g/mol. The molecule has 1 aliphatic rings. The predicted molar refractivity (Wildman–Crippen MR) is 104 cm³/mol. The first kappa shape index (κ1) is 17.9. The van der Waals surface area contributed by atoms with Gasteiger partial charge in [0.25, 0.3) is 0 Å². The van der Waals surface area contributed by atoms with E-state index in [1.165, 1.54) is 22.7 Å². The molecule has 3 rings (SSSR count). The van der Waals surface area contributed by atoms with Crippen LogP contribution >= 0.6 is 34.3 Å². The maximum atomic E-state index is 12.5. The minimum absolute atomic E-state index is 0.118. The van der Waals surface area contributed by atoms with Crippen LogP contribution in [0.4, 0.5) is 5.13 Å². The third-order valence-corrected chi connectivity index (χ3v) is 6.89. The number of thiazole rings is 1. The van der Waals surface area contributed by atoms with Gasteiger partial charge in [0.2, 0.25) is 5.91 Å². The van der Waals surface area contributed by atoms with E-state index in [1.54, 1.807) is 0 Å². The number of thiophene rings is 1. The van der Waals surface area contributed by atoms with Gasteiger partial charge < -0.3 is 5.32 Å². The quantitative estimate of drug-likeness (QED) is 0.675. The Labute approximate surface area is 156 Å². The van der Waals surface area contributed by atoms with E-state index in [0.717, 1.165) is 46.5 Å². The number of halogens is 1. The molecule has 6 heteroatoms. The van der Waals surface area contributed by atoms with Gasteiger partial charge in [-0.05, 0) is 49.1 Å². The third kappa shape index (κ3) is 4.19. The molecule has 0 atom stereocenters. The first-order valence-electron chi connectivity index (χ1n) is 8.35. The number of nitrogens with zero attached hydrogens (tertiary/aromatic N) is 1. The van der Waals surface area contributed by atoms with E-state index in [9.17, 15) is 4.79 Å². The Bertz CT molecular complexity index is 709. The molecule has 1 aliphatic carbocycles. The summed E-state index contributed by atoms with van der Waals surface area (Å²) in [6, 6.07) is 3.83. The molecule has 0 aliphatic heterocycles. The minimum atomic E-state index is 0.118. The summed E-state index contributed by atoms with van der Waals surface area (Å²) in [6.07, 6.45) is 4.23. The van der Waals surface area contributed by atoms with Crippen LogP contribution in [-0.4, -0.2) is 10.9 Å². The molecule has 3 nitrogen and oxygen atoms in total. The van der Waals surface area contributed by atoms with E-state index in [-0.39, 0.29) is 11.8 Å². The molecule has 1 saturated carbocycles. The van der Waals surface area contributed by atoms with Gasteiger partial charge in [-0.2, -0.15) is 0 Å². The molecule has 2 heterocycles. The second-order valence-corrected chi connectivity index (χ2v) is 10.1. The van der Waals surface area contributed by atoms with E-state index in [1.807, 2.05) is 17.5 Å². The van der Waals surface area contributed by atoms with Crippen molar-refractivity contribution in [3.8, 4) is 10.6 Å². The highest BCUT2D eigenvalue weighted by Crippen LogP contribution is 2.40. The van der Waals surface area contributed by atoms with Gasteiger partial charge >= 0.3 is 0 Å². The fourth-order valence-corrected chi connectivity index (χ4v) is 5.12. The van der Waals surface area contributed by atoms with Gasteiger partial charge in [0.1, 0.15) is 0 Å². The summed E-state index contributed by atoms with van der Waals surface area (Å²) in [5.74, 6) is 0.955. The summed E-state index contributed by atoms with van der Waals surface area (Å²) in [5.41, 5.74) is 1.22. The molecule has 1 fully saturated rings. The number of rotatable bonds is 3. The summed E-state index contributed by atoms with van der Waals surface area (Å²) in [7, 11) is 0. The summed E-state index contributed by atoms with van der Waals surface area (Å²) in [4.78, 5) is 18.1. The fourth-order valence-electron chi connectivity index (χ4n) is 3.33. The van der Waals surface area contributed by atoms with Crippen molar-refractivity contribution in [3.63, 3.8) is 0 Å². The molecule has 130 valence electrons. The predicted octanol–water partition coefficient (Wildman–Crippen LogP) is 6.32. The summed E-state index contributed by atoms with van der Waals surface area (Å²) < 4.78 is 0.749. The maximum absolute atomic E-state index is 12.5. The first-order chi connectivity index (χ1) is 11.3. The van der Waals surface area contributed by atoms with Crippen molar-refractivity contribution in [2.45, 2.75) is 46.5 Å². The molecule has 0 spiro atoms. The average Bonchev–Trinajstić information content (AvgIpc) is 3.15. The van der Waals surface area contributed by atoms with Crippen molar-refractivity contribution in [2.24, 2.45) is 17.3 Å². The zero-order valence-corrected chi connectivity index (χ0v) is 16.7. The highest BCUT2D eigenvalue weighted by molar-refractivity contribution is 7.20. The zero-order valence-electron chi connectivity index (χ0n) is 14.3. The number of nitrogens with one attached hydrogen (secondary N) is 1. The van der Waals surface area contributed by atoms with Crippen LogP contribution in [0.1, 0.15) is 46.5 Å². The van der Waals surface area contributed by atoms with Gasteiger partial charge in [-0.15, -0.1) is 22.7 Å². The van der Waals surface area contributed by atoms with Crippen molar-refractivity contribution >= 4 is 45.3 Å². The number of carbonyl (C=O) groups is 1. The van der Waals surface area contributed by atoms with Crippen molar-refractivity contribution in [1.29, 1.82) is 0 Å². The summed E-state index contributed by atoms with van der Waals surface area (Å²) in [6.45, 7) is 6.89. The molecule has 0 aromatic carbocycles. The Hall–Kier alpha value is -0.910. The molecule has 0 bridgehead atoms. The van der Waals surface area contributed by atoms with Crippen molar-refractivity contribution in [2.75, 3.05) is 5.32 Å². The fraction of sp³-hybridized carbons (Fsp3) is 0.556. The topological polar surface area (TPSA) is 42.0 Å². The Morgan fingerprint density at radius 1 is 1.25 bits per heavy atom. The molecule has 24 heavy (non-hydrogen) atoms. The van der Waals surface area contributed by atoms with E-state index >= 15 is 0 Å². The van der Waals surface area contributed by atoms with Crippen molar-refractivity contribution in [3.05, 3.63) is 21.8 Å². The lowest BCUT2D eigenvalue weighted by Gasteiger charge is -2.36. The van der Waals surface area contributed by atoms with Crippen LogP contribution < -0.4 is 5.32 Å². The Morgan fingerprint density at radius 3 is 2.54 bits per heavy atom. The second kappa shape index (κ2) is 7.14. The number of carbonyl (C=O) groups excluding carboxylic acids is 1. The second-order valence-electron chi connectivity index (χ2n) is 7.55. The average molecular weight is 383 g/mol. The van der Waals surface area contributed by atoms with Gasteiger partial charge in [-0.25, -0.2) is 4.98 Å². The van der Waals surface area contributed by atoms with Gasteiger partial charge in [0, 0.05) is 11.3 Å². The number of anilines is 1. The Morgan fingerprint density at radius 2 is 1.96 bits per heavy atom. The van der Waals surface area contributed by atoms with E-state index in [4.69, 9.17) is 11.6 Å². The van der Waals surface area contributed by atoms with Crippen LogP contribution in [0.2, 0.25) is 4.34 Å². The molecular formula is C18H23ClN2OS2. The molecular weight excluding hydrogens is 360 g/mol. The summed E-state index contributed by atoms with van der Waals surface area (Å²) >= 11 is 8.94. The van der Waals surface area contributed by atoms with Gasteiger partial charge in [-0.3, -0.25) is 4.79 Å². The van der Waals surface area contributed by atoms with E-state index in [2.05, 4.69) is 31.1 Å². The lowest BCUT2D eigenvalue weighted by atomic mass is 9.70. The first-order valence-corrected chi connectivity index (χ1v) is 10.4. The Balaban J connectivity index is 1.57. The number of hydrogen-bond donors (Lipinski definition) is 1. The van der Waals surface area contributed by atoms with Crippen LogP contribution in [0.15, 0.2) is 17.5 Å². The molecule has 0 saturated heterocycles. The third-order valence-electron chi connectivity index (χ3n) is 4.88. The van der Waals surface area contributed by atoms with Crippen LogP contribution in [-0.2, 0) is 4.79 Å². The molecule has 2 aromatic heterocycles. The lowest BCUT2D eigenvalue weighted by Crippen LogP contribution is -2.31. The van der Waals surface area contributed by atoms with Gasteiger partial charge in [0.05, 0.1) is 14.9 Å². The van der Waals surface area contributed by atoms with Crippen LogP contribution in [0.3, 0.4) is 0 Å². The van der Waals surface area contributed by atoms with Crippen LogP contribution in [0.5, 0.6) is 0 Å². The number of hydrogen-bond acceptors (Lipinski definition) is 4. The molecule has 1 amide bonds. The molecule has 2 aromatic rings. The maximum Gasteiger partial charge on any atom is 0.229 e.